The zero-order valence-corrected chi connectivity index (χ0v) is 12.1. The summed E-state index contributed by atoms with van der Waals surface area (Å²) in [7, 11) is 0. The van der Waals surface area contributed by atoms with Gasteiger partial charge in [0.05, 0.1) is 10.9 Å². The lowest BCUT2D eigenvalue weighted by Gasteiger charge is -2.07. The summed E-state index contributed by atoms with van der Waals surface area (Å²) in [6, 6.07) is 10.4. The standard InChI is InChI=1S/C16H10Cl2O2/c1-9-2-3-10(17)6-12(9)14-8-20-15-5-4-11(18)7-13(15)16(14)19/h2-8H,1H3. The van der Waals surface area contributed by atoms with Crippen LogP contribution in [0.1, 0.15) is 5.56 Å². The van der Waals surface area contributed by atoms with Crippen LogP contribution in [0.4, 0.5) is 0 Å². The molecule has 3 rings (SSSR count). The Bertz CT molecular complexity index is 866. The van der Waals surface area contributed by atoms with E-state index in [9.17, 15) is 4.79 Å². The van der Waals surface area contributed by atoms with Crippen molar-refractivity contribution in [3.8, 4) is 11.1 Å². The summed E-state index contributed by atoms with van der Waals surface area (Å²) in [4.78, 5) is 12.6. The summed E-state index contributed by atoms with van der Waals surface area (Å²) in [5.41, 5.74) is 2.62. The summed E-state index contributed by atoms with van der Waals surface area (Å²) in [6.07, 6.45) is 1.47. The number of hydrogen-bond donors (Lipinski definition) is 0. The van der Waals surface area contributed by atoms with Crippen molar-refractivity contribution >= 4 is 34.2 Å². The van der Waals surface area contributed by atoms with E-state index < -0.39 is 0 Å². The molecule has 2 nitrogen and oxygen atoms in total. The Morgan fingerprint density at radius 1 is 0.950 bits per heavy atom. The zero-order valence-electron chi connectivity index (χ0n) is 10.6. The fourth-order valence-electron chi connectivity index (χ4n) is 2.17. The average molecular weight is 305 g/mol. The molecule has 4 heteroatoms. The van der Waals surface area contributed by atoms with Crippen LogP contribution in [0.5, 0.6) is 0 Å². The van der Waals surface area contributed by atoms with Crippen LogP contribution in [-0.2, 0) is 0 Å². The SMILES string of the molecule is Cc1ccc(Cl)cc1-c1coc2ccc(Cl)cc2c1=O. The van der Waals surface area contributed by atoms with E-state index in [0.717, 1.165) is 11.1 Å². The van der Waals surface area contributed by atoms with Gasteiger partial charge in [-0.25, -0.2) is 0 Å². The summed E-state index contributed by atoms with van der Waals surface area (Å²) in [6.45, 7) is 1.92. The minimum atomic E-state index is -0.112. The number of hydrogen-bond acceptors (Lipinski definition) is 2. The quantitative estimate of drug-likeness (QED) is 0.628. The van der Waals surface area contributed by atoms with Crippen molar-refractivity contribution in [1.82, 2.24) is 0 Å². The van der Waals surface area contributed by atoms with Crippen molar-refractivity contribution in [1.29, 1.82) is 0 Å². The van der Waals surface area contributed by atoms with Gasteiger partial charge in [0.2, 0.25) is 5.43 Å². The van der Waals surface area contributed by atoms with Crippen molar-refractivity contribution in [2.45, 2.75) is 6.92 Å². The highest BCUT2D eigenvalue weighted by Gasteiger charge is 2.11. The Balaban J connectivity index is 2.35. The van der Waals surface area contributed by atoms with E-state index in [1.165, 1.54) is 6.26 Å². The van der Waals surface area contributed by atoms with E-state index in [2.05, 4.69) is 0 Å². The van der Waals surface area contributed by atoms with Crippen molar-refractivity contribution in [2.24, 2.45) is 0 Å². The number of rotatable bonds is 1. The summed E-state index contributed by atoms with van der Waals surface area (Å²) >= 11 is 12.0. The molecule has 0 amide bonds. The van der Waals surface area contributed by atoms with Crippen LogP contribution in [-0.4, -0.2) is 0 Å². The highest BCUT2D eigenvalue weighted by Crippen LogP contribution is 2.26. The van der Waals surface area contributed by atoms with E-state index in [4.69, 9.17) is 27.6 Å². The number of halogens is 2. The normalized spacial score (nSPS) is 10.9. The molecule has 3 aromatic rings. The third-order valence-corrected chi connectivity index (χ3v) is 3.69. The highest BCUT2D eigenvalue weighted by molar-refractivity contribution is 6.31. The maximum Gasteiger partial charge on any atom is 0.200 e. The van der Waals surface area contributed by atoms with E-state index >= 15 is 0 Å². The first-order chi connectivity index (χ1) is 9.56. The van der Waals surface area contributed by atoms with Crippen molar-refractivity contribution in [3.05, 3.63) is 68.5 Å². The van der Waals surface area contributed by atoms with Gasteiger partial charge in [-0.05, 0) is 48.4 Å². The van der Waals surface area contributed by atoms with Gasteiger partial charge in [-0.15, -0.1) is 0 Å². The molecule has 0 aliphatic carbocycles. The van der Waals surface area contributed by atoms with Crippen molar-refractivity contribution in [3.63, 3.8) is 0 Å². The second-order valence-corrected chi connectivity index (χ2v) is 5.45. The van der Waals surface area contributed by atoms with Crippen molar-refractivity contribution in [2.75, 3.05) is 0 Å². The second-order valence-electron chi connectivity index (χ2n) is 4.58. The molecule has 1 aromatic heterocycles. The van der Waals surface area contributed by atoms with Crippen LogP contribution in [0.25, 0.3) is 22.1 Å². The fourth-order valence-corrected chi connectivity index (χ4v) is 2.52. The molecule has 0 spiro atoms. The van der Waals surface area contributed by atoms with Crippen LogP contribution in [0.2, 0.25) is 10.0 Å². The van der Waals surface area contributed by atoms with E-state index in [1.807, 2.05) is 13.0 Å². The van der Waals surface area contributed by atoms with E-state index in [1.54, 1.807) is 30.3 Å². The monoisotopic (exact) mass is 304 g/mol. The molecule has 0 aliphatic heterocycles. The van der Waals surface area contributed by atoms with Crippen LogP contribution in [0.15, 0.2) is 51.9 Å². The van der Waals surface area contributed by atoms with E-state index in [0.29, 0.717) is 26.6 Å². The predicted molar refractivity (Wildman–Crippen MR) is 82.7 cm³/mol. The maximum absolute atomic E-state index is 12.6. The Labute approximate surface area is 125 Å². The molecule has 0 aliphatic rings. The molecule has 0 N–H and O–H groups in total. The Morgan fingerprint density at radius 2 is 1.65 bits per heavy atom. The van der Waals surface area contributed by atoms with E-state index in [-0.39, 0.29) is 5.43 Å². The van der Waals surface area contributed by atoms with Crippen LogP contribution in [0, 0.1) is 6.92 Å². The van der Waals surface area contributed by atoms with Crippen LogP contribution < -0.4 is 5.43 Å². The van der Waals surface area contributed by atoms with Crippen LogP contribution >= 0.6 is 23.2 Å². The van der Waals surface area contributed by atoms with Gasteiger partial charge in [0, 0.05) is 10.0 Å². The minimum absolute atomic E-state index is 0.112. The first-order valence-electron chi connectivity index (χ1n) is 6.04. The molecule has 0 radical (unpaired) electrons. The molecule has 0 fully saturated rings. The lowest BCUT2D eigenvalue weighted by Crippen LogP contribution is -2.05. The molecular weight excluding hydrogens is 295 g/mol. The topological polar surface area (TPSA) is 30.2 Å². The number of benzene rings is 2. The molecule has 0 atom stereocenters. The smallest absolute Gasteiger partial charge is 0.200 e. The first kappa shape index (κ1) is 13.2. The molecule has 2 aromatic carbocycles. The molecular formula is C16H10Cl2O2. The Morgan fingerprint density at radius 3 is 2.45 bits per heavy atom. The molecule has 0 bridgehead atoms. The lowest BCUT2D eigenvalue weighted by molar-refractivity contribution is 0.604. The van der Waals surface area contributed by atoms with Gasteiger partial charge in [-0.3, -0.25) is 4.79 Å². The number of fused-ring (bicyclic) bond motifs is 1. The molecule has 0 saturated carbocycles. The van der Waals surface area contributed by atoms with Gasteiger partial charge in [0.15, 0.2) is 0 Å². The van der Waals surface area contributed by atoms with Gasteiger partial charge < -0.3 is 4.42 Å². The summed E-state index contributed by atoms with van der Waals surface area (Å²) < 4.78 is 5.53. The molecule has 100 valence electrons. The molecule has 1 heterocycles. The fraction of sp³-hybridized carbons (Fsp3) is 0.0625. The largest absolute Gasteiger partial charge is 0.463 e. The molecule has 20 heavy (non-hydrogen) atoms. The highest BCUT2D eigenvalue weighted by atomic mass is 35.5. The number of aryl methyl sites for hydroxylation is 1. The summed E-state index contributed by atoms with van der Waals surface area (Å²) in [5.74, 6) is 0. The predicted octanol–water partition coefficient (Wildman–Crippen LogP) is 5.08. The van der Waals surface area contributed by atoms with Gasteiger partial charge >= 0.3 is 0 Å². The first-order valence-corrected chi connectivity index (χ1v) is 6.79. The third kappa shape index (κ3) is 2.21. The van der Waals surface area contributed by atoms with Crippen LogP contribution in [0.3, 0.4) is 0 Å². The third-order valence-electron chi connectivity index (χ3n) is 3.22. The van der Waals surface area contributed by atoms with Crippen molar-refractivity contribution < 1.29 is 4.42 Å². The zero-order chi connectivity index (χ0) is 14.3. The Hall–Kier alpha value is -1.77. The second kappa shape index (κ2) is 4.97. The lowest BCUT2D eigenvalue weighted by atomic mass is 10.0. The molecule has 0 unspecified atom stereocenters. The van der Waals surface area contributed by atoms with Gasteiger partial charge in [0.25, 0.3) is 0 Å². The average Bonchev–Trinajstić information content (AvgIpc) is 2.43. The Kier molecular flexibility index (Phi) is 3.28. The van der Waals surface area contributed by atoms with Gasteiger partial charge in [0.1, 0.15) is 11.8 Å². The summed E-state index contributed by atoms with van der Waals surface area (Å²) in [5, 5.41) is 1.55. The molecule has 0 saturated heterocycles. The van der Waals surface area contributed by atoms with Gasteiger partial charge in [-0.2, -0.15) is 0 Å². The maximum atomic E-state index is 12.6. The minimum Gasteiger partial charge on any atom is -0.463 e. The van der Waals surface area contributed by atoms with Gasteiger partial charge in [-0.1, -0.05) is 29.3 Å².